The van der Waals surface area contributed by atoms with Gasteiger partial charge in [-0.2, -0.15) is 0 Å². The van der Waals surface area contributed by atoms with Gasteiger partial charge < -0.3 is 15.2 Å². The summed E-state index contributed by atoms with van der Waals surface area (Å²) >= 11 is 5.60. The SMILES string of the molecule is Cc1cccc(OCC(O)CNc2ccc(Cl)c(F)c2)c1. The molecular weight excluding hydrogens is 293 g/mol. The smallest absolute Gasteiger partial charge is 0.143 e. The number of anilines is 1. The van der Waals surface area contributed by atoms with Gasteiger partial charge in [-0.05, 0) is 42.8 Å². The summed E-state index contributed by atoms with van der Waals surface area (Å²) in [4.78, 5) is 0. The fraction of sp³-hybridized carbons (Fsp3) is 0.250. The maximum Gasteiger partial charge on any atom is 0.143 e. The van der Waals surface area contributed by atoms with Crippen LogP contribution < -0.4 is 10.1 Å². The van der Waals surface area contributed by atoms with E-state index in [1.807, 2.05) is 31.2 Å². The van der Waals surface area contributed by atoms with Crippen molar-refractivity contribution >= 4 is 17.3 Å². The van der Waals surface area contributed by atoms with E-state index in [0.717, 1.165) is 5.56 Å². The maximum absolute atomic E-state index is 13.3. The molecule has 0 saturated heterocycles. The van der Waals surface area contributed by atoms with Crippen LogP contribution >= 0.6 is 11.6 Å². The molecule has 0 spiro atoms. The van der Waals surface area contributed by atoms with Gasteiger partial charge in [0.1, 0.15) is 24.3 Å². The molecule has 0 amide bonds. The first-order chi connectivity index (χ1) is 10.0. The molecule has 2 N–H and O–H groups in total. The lowest BCUT2D eigenvalue weighted by Gasteiger charge is -2.14. The minimum atomic E-state index is -0.704. The Kier molecular flexibility index (Phi) is 5.42. The van der Waals surface area contributed by atoms with Crippen LogP contribution in [0.5, 0.6) is 5.75 Å². The Morgan fingerprint density at radius 1 is 1.29 bits per heavy atom. The Bertz CT molecular complexity index is 607. The van der Waals surface area contributed by atoms with Crippen LogP contribution in [0.15, 0.2) is 42.5 Å². The van der Waals surface area contributed by atoms with Gasteiger partial charge in [-0.25, -0.2) is 4.39 Å². The number of rotatable bonds is 6. The Morgan fingerprint density at radius 3 is 2.81 bits per heavy atom. The summed E-state index contributed by atoms with van der Waals surface area (Å²) < 4.78 is 18.7. The summed E-state index contributed by atoms with van der Waals surface area (Å²) in [7, 11) is 0. The standard InChI is InChI=1S/C16H17ClFNO2/c1-11-3-2-4-14(7-11)21-10-13(20)9-19-12-5-6-15(17)16(18)8-12/h2-8,13,19-20H,9-10H2,1H3. The van der Waals surface area contributed by atoms with Crippen LogP contribution in [-0.2, 0) is 0 Å². The van der Waals surface area contributed by atoms with Gasteiger partial charge in [-0.3, -0.25) is 0 Å². The number of hydrogen-bond acceptors (Lipinski definition) is 3. The average molecular weight is 310 g/mol. The zero-order valence-corrected chi connectivity index (χ0v) is 12.4. The molecule has 2 aromatic carbocycles. The minimum absolute atomic E-state index is 0.0730. The van der Waals surface area contributed by atoms with Gasteiger partial charge >= 0.3 is 0 Å². The topological polar surface area (TPSA) is 41.5 Å². The van der Waals surface area contributed by atoms with Gasteiger partial charge in [0.15, 0.2) is 0 Å². The van der Waals surface area contributed by atoms with Gasteiger partial charge in [0.05, 0.1) is 5.02 Å². The van der Waals surface area contributed by atoms with Gasteiger partial charge in [0.2, 0.25) is 0 Å². The van der Waals surface area contributed by atoms with Crippen molar-refractivity contribution in [3.8, 4) is 5.75 Å². The molecule has 0 aliphatic heterocycles. The zero-order valence-electron chi connectivity index (χ0n) is 11.6. The van der Waals surface area contributed by atoms with Crippen LogP contribution in [0.4, 0.5) is 10.1 Å². The van der Waals surface area contributed by atoms with Crippen molar-refractivity contribution in [1.29, 1.82) is 0 Å². The van der Waals surface area contributed by atoms with Crippen molar-refractivity contribution in [2.45, 2.75) is 13.0 Å². The third-order valence-electron chi connectivity index (χ3n) is 2.89. The van der Waals surface area contributed by atoms with Gasteiger partial charge in [0, 0.05) is 12.2 Å². The Hall–Kier alpha value is -1.78. The molecular formula is C16H17ClFNO2. The molecule has 2 aromatic rings. The highest BCUT2D eigenvalue weighted by molar-refractivity contribution is 6.30. The molecule has 21 heavy (non-hydrogen) atoms. The van der Waals surface area contributed by atoms with Crippen molar-refractivity contribution in [2.24, 2.45) is 0 Å². The number of aliphatic hydroxyl groups is 1. The molecule has 112 valence electrons. The number of nitrogens with one attached hydrogen (secondary N) is 1. The summed E-state index contributed by atoms with van der Waals surface area (Å²) in [5.41, 5.74) is 1.66. The fourth-order valence-corrected chi connectivity index (χ4v) is 1.92. The van der Waals surface area contributed by atoms with E-state index in [1.165, 1.54) is 12.1 Å². The molecule has 0 aliphatic rings. The van der Waals surface area contributed by atoms with E-state index in [1.54, 1.807) is 6.07 Å². The van der Waals surface area contributed by atoms with Crippen molar-refractivity contribution in [2.75, 3.05) is 18.5 Å². The lowest BCUT2D eigenvalue weighted by atomic mass is 10.2. The number of hydrogen-bond donors (Lipinski definition) is 2. The normalized spacial score (nSPS) is 12.0. The highest BCUT2D eigenvalue weighted by atomic mass is 35.5. The van der Waals surface area contributed by atoms with Gasteiger partial charge in [-0.15, -0.1) is 0 Å². The molecule has 0 aromatic heterocycles. The average Bonchev–Trinajstić information content (AvgIpc) is 2.46. The Balaban J connectivity index is 1.79. The summed E-state index contributed by atoms with van der Waals surface area (Å²) in [6.07, 6.45) is -0.704. The second kappa shape index (κ2) is 7.29. The lowest BCUT2D eigenvalue weighted by molar-refractivity contribution is 0.117. The highest BCUT2D eigenvalue weighted by Gasteiger charge is 2.07. The molecule has 0 saturated carbocycles. The summed E-state index contributed by atoms with van der Waals surface area (Å²) in [5.74, 6) is 0.221. The molecule has 0 heterocycles. The van der Waals surface area contributed by atoms with Crippen molar-refractivity contribution in [1.82, 2.24) is 0 Å². The number of benzene rings is 2. The molecule has 3 nitrogen and oxygen atoms in total. The van der Waals surface area contributed by atoms with E-state index in [0.29, 0.717) is 11.4 Å². The Labute approximate surface area is 128 Å². The van der Waals surface area contributed by atoms with Crippen LogP contribution in [0.2, 0.25) is 5.02 Å². The quantitative estimate of drug-likeness (QED) is 0.856. The van der Waals surface area contributed by atoms with Gasteiger partial charge in [0.25, 0.3) is 0 Å². The molecule has 1 unspecified atom stereocenters. The second-order valence-corrected chi connectivity index (χ2v) is 5.20. The number of aryl methyl sites for hydroxylation is 1. The zero-order chi connectivity index (χ0) is 15.2. The van der Waals surface area contributed by atoms with Gasteiger partial charge in [-0.1, -0.05) is 23.7 Å². The third kappa shape index (κ3) is 4.92. The second-order valence-electron chi connectivity index (χ2n) is 4.79. The highest BCUT2D eigenvalue weighted by Crippen LogP contribution is 2.18. The van der Waals surface area contributed by atoms with E-state index in [2.05, 4.69) is 5.32 Å². The van der Waals surface area contributed by atoms with E-state index in [-0.39, 0.29) is 18.2 Å². The van der Waals surface area contributed by atoms with Crippen LogP contribution in [0.3, 0.4) is 0 Å². The van der Waals surface area contributed by atoms with Crippen LogP contribution in [-0.4, -0.2) is 24.4 Å². The van der Waals surface area contributed by atoms with Crippen LogP contribution in [0.1, 0.15) is 5.56 Å². The predicted octanol–water partition coefficient (Wildman–Crippen LogP) is 3.64. The van der Waals surface area contributed by atoms with Crippen LogP contribution in [0.25, 0.3) is 0 Å². The largest absolute Gasteiger partial charge is 0.491 e. The number of aliphatic hydroxyl groups excluding tert-OH is 1. The molecule has 5 heteroatoms. The molecule has 1 atom stereocenters. The monoisotopic (exact) mass is 309 g/mol. The molecule has 0 aliphatic carbocycles. The third-order valence-corrected chi connectivity index (χ3v) is 3.20. The fourth-order valence-electron chi connectivity index (χ4n) is 1.80. The van der Waals surface area contributed by atoms with Crippen molar-refractivity contribution < 1.29 is 14.2 Å². The molecule has 0 fully saturated rings. The summed E-state index contributed by atoms with van der Waals surface area (Å²) in [5, 5.41) is 12.9. The van der Waals surface area contributed by atoms with E-state index in [4.69, 9.17) is 16.3 Å². The maximum atomic E-state index is 13.3. The van der Waals surface area contributed by atoms with Crippen molar-refractivity contribution in [3.63, 3.8) is 0 Å². The lowest BCUT2D eigenvalue weighted by Crippen LogP contribution is -2.26. The van der Waals surface area contributed by atoms with E-state index in [9.17, 15) is 9.50 Å². The molecule has 0 bridgehead atoms. The van der Waals surface area contributed by atoms with Crippen molar-refractivity contribution in [3.05, 3.63) is 58.9 Å². The van der Waals surface area contributed by atoms with E-state index >= 15 is 0 Å². The molecule has 2 rings (SSSR count). The first-order valence-electron chi connectivity index (χ1n) is 6.61. The Morgan fingerprint density at radius 2 is 2.10 bits per heavy atom. The van der Waals surface area contributed by atoms with E-state index < -0.39 is 11.9 Å². The molecule has 0 radical (unpaired) electrons. The summed E-state index contributed by atoms with van der Waals surface area (Å²) in [6, 6.07) is 12.0. The first-order valence-corrected chi connectivity index (χ1v) is 6.99. The number of halogens is 2. The first kappa shape index (κ1) is 15.6. The predicted molar refractivity (Wildman–Crippen MR) is 82.6 cm³/mol. The van der Waals surface area contributed by atoms with Crippen LogP contribution in [0, 0.1) is 12.7 Å². The summed E-state index contributed by atoms with van der Waals surface area (Å²) in [6.45, 7) is 2.39. The number of ether oxygens (including phenoxy) is 1. The minimum Gasteiger partial charge on any atom is -0.491 e.